The van der Waals surface area contributed by atoms with Crippen LogP contribution in [-0.2, 0) is 13.2 Å². The Kier molecular flexibility index (Phi) is 6.38. The van der Waals surface area contributed by atoms with E-state index in [0.717, 1.165) is 16.1 Å². The molecule has 0 unspecified atom stereocenters. The number of halogens is 1. The number of ether oxygens (including phenoxy) is 1. The third-order valence-corrected chi connectivity index (χ3v) is 5.66. The van der Waals surface area contributed by atoms with Gasteiger partial charge < -0.3 is 9.64 Å². The fourth-order valence-corrected chi connectivity index (χ4v) is 3.92. The Balaban J connectivity index is 1.44. The van der Waals surface area contributed by atoms with Crippen molar-refractivity contribution in [3.8, 4) is 16.3 Å². The number of hydrogen-bond acceptors (Lipinski definition) is 4. The molecule has 4 aromatic rings. The highest BCUT2D eigenvalue weighted by Crippen LogP contribution is 2.28. The predicted octanol–water partition coefficient (Wildman–Crippen LogP) is 5.80. The number of hydrogen-bond donors (Lipinski definition) is 0. The van der Waals surface area contributed by atoms with E-state index in [1.165, 1.54) is 17.4 Å². The van der Waals surface area contributed by atoms with Crippen LogP contribution in [-0.4, -0.2) is 22.8 Å². The van der Waals surface area contributed by atoms with Gasteiger partial charge in [-0.25, -0.2) is 9.37 Å². The van der Waals surface area contributed by atoms with Crippen molar-refractivity contribution in [2.45, 2.75) is 13.2 Å². The van der Waals surface area contributed by atoms with Crippen molar-refractivity contribution in [2.24, 2.45) is 0 Å². The molecule has 1 heterocycles. The number of carbonyl (C=O) groups excluding carboxylic acids is 1. The average Bonchev–Trinajstić information content (AvgIpc) is 3.29. The fraction of sp³-hybridized carbons (Fsp3) is 0.120. The van der Waals surface area contributed by atoms with Crippen LogP contribution in [0.15, 0.2) is 84.2 Å². The molecule has 0 atom stereocenters. The SMILES string of the molecule is CN(Cc1ccccc1)C(=O)c1csc(-c2cccc(OCc3ccccc3F)c2)n1. The van der Waals surface area contributed by atoms with Gasteiger partial charge in [-0.15, -0.1) is 11.3 Å². The molecular weight excluding hydrogens is 411 g/mol. The maximum absolute atomic E-state index is 13.8. The number of aromatic nitrogens is 1. The number of nitrogens with zero attached hydrogens (tertiary/aromatic N) is 2. The first kappa shape index (κ1) is 20.8. The quantitative estimate of drug-likeness (QED) is 0.371. The molecule has 3 aromatic carbocycles. The number of benzene rings is 3. The normalized spacial score (nSPS) is 10.6. The van der Waals surface area contributed by atoms with Gasteiger partial charge in [0.05, 0.1) is 0 Å². The van der Waals surface area contributed by atoms with E-state index in [1.807, 2.05) is 54.6 Å². The van der Waals surface area contributed by atoms with E-state index < -0.39 is 0 Å². The Bertz CT molecular complexity index is 1180. The molecule has 0 saturated heterocycles. The second kappa shape index (κ2) is 9.53. The van der Waals surface area contributed by atoms with Gasteiger partial charge in [-0.1, -0.05) is 60.7 Å². The molecule has 156 valence electrons. The summed E-state index contributed by atoms with van der Waals surface area (Å²) in [5.41, 5.74) is 2.82. The van der Waals surface area contributed by atoms with Crippen LogP contribution in [0, 0.1) is 5.82 Å². The van der Waals surface area contributed by atoms with E-state index in [-0.39, 0.29) is 18.3 Å². The minimum Gasteiger partial charge on any atom is -0.489 e. The van der Waals surface area contributed by atoms with E-state index in [9.17, 15) is 9.18 Å². The van der Waals surface area contributed by atoms with Crippen LogP contribution < -0.4 is 4.74 Å². The number of rotatable bonds is 7. The zero-order valence-corrected chi connectivity index (χ0v) is 17.8. The molecule has 6 heteroatoms. The first-order chi connectivity index (χ1) is 15.1. The Morgan fingerprint density at radius 1 is 1.03 bits per heavy atom. The zero-order valence-electron chi connectivity index (χ0n) is 17.0. The van der Waals surface area contributed by atoms with Crippen molar-refractivity contribution in [1.29, 1.82) is 0 Å². The lowest BCUT2D eigenvalue weighted by atomic mass is 10.2. The van der Waals surface area contributed by atoms with Crippen LogP contribution >= 0.6 is 11.3 Å². The topological polar surface area (TPSA) is 42.4 Å². The van der Waals surface area contributed by atoms with Gasteiger partial charge >= 0.3 is 0 Å². The van der Waals surface area contributed by atoms with Crippen molar-refractivity contribution >= 4 is 17.2 Å². The summed E-state index contributed by atoms with van der Waals surface area (Å²) in [7, 11) is 1.77. The molecule has 1 aromatic heterocycles. The highest BCUT2D eigenvalue weighted by atomic mass is 32.1. The number of carbonyl (C=O) groups is 1. The van der Waals surface area contributed by atoms with E-state index in [1.54, 1.807) is 35.5 Å². The van der Waals surface area contributed by atoms with Crippen LogP contribution in [0.25, 0.3) is 10.6 Å². The van der Waals surface area contributed by atoms with Crippen LogP contribution in [0.3, 0.4) is 0 Å². The van der Waals surface area contributed by atoms with Gasteiger partial charge in [-0.05, 0) is 23.8 Å². The van der Waals surface area contributed by atoms with Crippen LogP contribution in [0.2, 0.25) is 0 Å². The van der Waals surface area contributed by atoms with Crippen molar-refractivity contribution in [2.75, 3.05) is 7.05 Å². The molecular formula is C25H21FN2O2S. The summed E-state index contributed by atoms with van der Waals surface area (Å²) in [6, 6.07) is 23.8. The first-order valence-corrected chi connectivity index (χ1v) is 10.7. The van der Waals surface area contributed by atoms with E-state index >= 15 is 0 Å². The first-order valence-electron chi connectivity index (χ1n) is 9.82. The van der Waals surface area contributed by atoms with Crippen molar-refractivity contribution in [3.05, 3.63) is 107 Å². The molecule has 1 amide bonds. The number of amides is 1. The Morgan fingerprint density at radius 2 is 1.81 bits per heavy atom. The van der Waals surface area contributed by atoms with Crippen LogP contribution in [0.5, 0.6) is 5.75 Å². The molecule has 0 radical (unpaired) electrons. The van der Waals surface area contributed by atoms with E-state index in [2.05, 4.69) is 4.98 Å². The summed E-state index contributed by atoms with van der Waals surface area (Å²) in [6.45, 7) is 0.661. The van der Waals surface area contributed by atoms with Gasteiger partial charge in [0.2, 0.25) is 0 Å². The molecule has 0 aliphatic carbocycles. The standard InChI is InChI=1S/C25H21FN2O2S/c1-28(15-18-8-3-2-4-9-18)25(29)23-17-31-24(27-23)19-11-7-12-21(14-19)30-16-20-10-5-6-13-22(20)26/h2-14,17H,15-16H2,1H3. The predicted molar refractivity (Wildman–Crippen MR) is 121 cm³/mol. The molecule has 0 aliphatic heterocycles. The summed E-state index contributed by atoms with van der Waals surface area (Å²) >= 11 is 1.41. The Labute approximate surface area is 184 Å². The molecule has 31 heavy (non-hydrogen) atoms. The van der Waals surface area contributed by atoms with Gasteiger partial charge in [-0.3, -0.25) is 4.79 Å². The molecule has 4 nitrogen and oxygen atoms in total. The molecule has 4 rings (SSSR count). The zero-order chi connectivity index (χ0) is 21.6. The summed E-state index contributed by atoms with van der Waals surface area (Å²) in [6.07, 6.45) is 0. The summed E-state index contributed by atoms with van der Waals surface area (Å²) in [5, 5.41) is 2.50. The molecule has 0 aliphatic rings. The van der Waals surface area contributed by atoms with E-state index in [0.29, 0.717) is 23.6 Å². The average molecular weight is 433 g/mol. The van der Waals surface area contributed by atoms with Gasteiger partial charge in [0.1, 0.15) is 28.9 Å². The van der Waals surface area contributed by atoms with Gasteiger partial charge in [0, 0.05) is 30.1 Å². The largest absolute Gasteiger partial charge is 0.489 e. The summed E-state index contributed by atoms with van der Waals surface area (Å²) < 4.78 is 19.5. The summed E-state index contributed by atoms with van der Waals surface area (Å²) in [4.78, 5) is 18.9. The summed E-state index contributed by atoms with van der Waals surface area (Å²) in [5.74, 6) is 0.199. The lowest BCUT2D eigenvalue weighted by Gasteiger charge is -2.15. The minimum absolute atomic E-state index is 0.127. The molecule has 0 N–H and O–H groups in total. The molecule has 0 spiro atoms. The van der Waals surface area contributed by atoms with Crippen LogP contribution in [0.1, 0.15) is 21.6 Å². The van der Waals surface area contributed by atoms with Gasteiger partial charge in [-0.2, -0.15) is 0 Å². The van der Waals surface area contributed by atoms with Gasteiger partial charge in [0.15, 0.2) is 0 Å². The molecule has 0 fully saturated rings. The van der Waals surface area contributed by atoms with E-state index in [4.69, 9.17) is 4.74 Å². The lowest BCUT2D eigenvalue weighted by Crippen LogP contribution is -2.26. The molecule has 0 bridgehead atoms. The highest BCUT2D eigenvalue weighted by molar-refractivity contribution is 7.13. The van der Waals surface area contributed by atoms with Crippen molar-refractivity contribution in [3.63, 3.8) is 0 Å². The minimum atomic E-state index is -0.290. The third-order valence-electron chi connectivity index (χ3n) is 4.77. The maximum atomic E-state index is 13.8. The number of thiazole rings is 1. The Hall–Kier alpha value is -3.51. The van der Waals surface area contributed by atoms with Gasteiger partial charge in [0.25, 0.3) is 5.91 Å². The smallest absolute Gasteiger partial charge is 0.273 e. The van der Waals surface area contributed by atoms with Crippen LogP contribution in [0.4, 0.5) is 4.39 Å². The molecule has 0 saturated carbocycles. The third kappa shape index (κ3) is 5.16. The Morgan fingerprint density at radius 3 is 2.61 bits per heavy atom. The van der Waals surface area contributed by atoms with Crippen molar-refractivity contribution in [1.82, 2.24) is 9.88 Å². The monoisotopic (exact) mass is 432 g/mol. The lowest BCUT2D eigenvalue weighted by molar-refractivity contribution is 0.0780. The van der Waals surface area contributed by atoms with Crippen molar-refractivity contribution < 1.29 is 13.9 Å². The second-order valence-corrected chi connectivity index (χ2v) is 7.95. The maximum Gasteiger partial charge on any atom is 0.273 e. The fourth-order valence-electron chi connectivity index (χ4n) is 3.12. The highest BCUT2D eigenvalue weighted by Gasteiger charge is 2.16. The second-order valence-electron chi connectivity index (χ2n) is 7.09.